The fourth-order valence-electron chi connectivity index (χ4n) is 4.81. The molecule has 0 fully saturated rings. The van der Waals surface area contributed by atoms with Crippen molar-refractivity contribution in [1.82, 2.24) is 5.32 Å². The summed E-state index contributed by atoms with van der Waals surface area (Å²) in [5.41, 5.74) is 3.39. The van der Waals surface area contributed by atoms with Crippen LogP contribution in [0.1, 0.15) is 85.8 Å². The molecule has 0 saturated carbocycles. The summed E-state index contributed by atoms with van der Waals surface area (Å²) in [5, 5.41) is 6.80. The Balaban J connectivity index is 1.61. The fraction of sp³-hybridized carbons (Fsp3) is 0.567. The lowest BCUT2D eigenvalue weighted by atomic mass is 9.72. The SMILES string of the molecule is COC(=O)c1c(NC(=S)NC(=O)C(C)(C)CCCOc2cc(C)ccc2C)sc2c1CCC(C(C)(C)C)C2. The van der Waals surface area contributed by atoms with Gasteiger partial charge >= 0.3 is 5.97 Å². The predicted molar refractivity (Wildman–Crippen MR) is 159 cm³/mol. The number of aryl methyl sites for hydroxylation is 2. The average molecular weight is 559 g/mol. The van der Waals surface area contributed by atoms with Crippen LogP contribution in [-0.4, -0.2) is 30.7 Å². The van der Waals surface area contributed by atoms with Crippen LogP contribution < -0.4 is 15.4 Å². The van der Waals surface area contributed by atoms with Crippen molar-refractivity contribution < 1.29 is 19.1 Å². The number of benzene rings is 1. The maximum absolute atomic E-state index is 13.1. The minimum absolute atomic E-state index is 0.171. The fourth-order valence-corrected chi connectivity index (χ4v) is 6.39. The van der Waals surface area contributed by atoms with Crippen molar-refractivity contribution in [2.75, 3.05) is 19.0 Å². The minimum atomic E-state index is -0.642. The first-order valence-electron chi connectivity index (χ1n) is 13.3. The Morgan fingerprint density at radius 2 is 1.87 bits per heavy atom. The van der Waals surface area contributed by atoms with Gasteiger partial charge in [0.1, 0.15) is 10.8 Å². The van der Waals surface area contributed by atoms with Gasteiger partial charge in [-0.3, -0.25) is 4.79 Å². The number of esters is 1. The van der Waals surface area contributed by atoms with Gasteiger partial charge in [0, 0.05) is 10.3 Å². The molecule has 8 heteroatoms. The number of anilines is 1. The molecule has 38 heavy (non-hydrogen) atoms. The zero-order chi connectivity index (χ0) is 28.3. The van der Waals surface area contributed by atoms with Crippen LogP contribution in [0.3, 0.4) is 0 Å². The number of carbonyl (C=O) groups excluding carboxylic acids is 2. The van der Waals surface area contributed by atoms with Crippen LogP contribution >= 0.6 is 23.6 Å². The van der Waals surface area contributed by atoms with E-state index in [1.54, 1.807) is 0 Å². The number of ether oxygens (including phenoxy) is 2. The van der Waals surface area contributed by atoms with E-state index in [1.807, 2.05) is 33.8 Å². The lowest BCUT2D eigenvalue weighted by molar-refractivity contribution is -0.128. The first-order chi connectivity index (χ1) is 17.7. The zero-order valence-electron chi connectivity index (χ0n) is 24.0. The molecule has 3 rings (SSSR count). The number of thiocarbonyl (C=S) groups is 1. The molecule has 208 valence electrons. The summed E-state index contributed by atoms with van der Waals surface area (Å²) in [6.45, 7) is 15.2. The average Bonchev–Trinajstić information content (AvgIpc) is 3.19. The molecule has 2 N–H and O–H groups in total. The van der Waals surface area contributed by atoms with Crippen molar-refractivity contribution in [3.63, 3.8) is 0 Å². The second kappa shape index (κ2) is 12.2. The van der Waals surface area contributed by atoms with Gasteiger partial charge < -0.3 is 20.1 Å². The summed E-state index contributed by atoms with van der Waals surface area (Å²) >= 11 is 7.04. The highest BCUT2D eigenvalue weighted by Crippen LogP contribution is 2.44. The summed E-state index contributed by atoms with van der Waals surface area (Å²) in [6.07, 6.45) is 4.15. The predicted octanol–water partition coefficient (Wildman–Crippen LogP) is 7.00. The third-order valence-electron chi connectivity index (χ3n) is 7.50. The molecule has 1 aromatic heterocycles. The molecule has 0 spiro atoms. The van der Waals surface area contributed by atoms with Crippen molar-refractivity contribution in [1.29, 1.82) is 0 Å². The standard InChI is InChI=1S/C30H42N2O4S2/c1-18-10-11-19(2)22(16-18)36-15-9-14-30(6,7)27(34)32-28(37)31-25-24(26(33)35-8)21-13-12-20(29(3,4)5)17-23(21)38-25/h10-11,16,20H,9,12-15,17H2,1-8H3,(H2,31,32,34,37). The second-order valence-electron chi connectivity index (χ2n) is 12.0. The van der Waals surface area contributed by atoms with Crippen molar-refractivity contribution in [3.8, 4) is 5.75 Å². The van der Waals surface area contributed by atoms with Gasteiger partial charge in [-0.1, -0.05) is 46.8 Å². The molecule has 6 nitrogen and oxygen atoms in total. The van der Waals surface area contributed by atoms with Gasteiger partial charge in [-0.25, -0.2) is 4.79 Å². The first kappa shape index (κ1) is 30.1. The largest absolute Gasteiger partial charge is 0.493 e. The van der Waals surface area contributed by atoms with Crippen molar-refractivity contribution in [2.45, 2.75) is 80.6 Å². The minimum Gasteiger partial charge on any atom is -0.493 e. The molecule has 1 aliphatic carbocycles. The molecule has 1 heterocycles. The molecule has 1 atom stereocenters. The number of carbonyl (C=O) groups is 2. The molecule has 0 aliphatic heterocycles. The van der Waals surface area contributed by atoms with Gasteiger partial charge in [0.25, 0.3) is 0 Å². The summed E-state index contributed by atoms with van der Waals surface area (Å²) in [4.78, 5) is 27.0. The Kier molecular flexibility index (Phi) is 9.63. The highest BCUT2D eigenvalue weighted by Gasteiger charge is 2.34. The molecule has 1 aliphatic rings. The van der Waals surface area contributed by atoms with Crippen molar-refractivity contribution in [3.05, 3.63) is 45.3 Å². The van der Waals surface area contributed by atoms with Crippen LogP contribution in [0.5, 0.6) is 5.75 Å². The Morgan fingerprint density at radius 3 is 2.53 bits per heavy atom. The molecule has 1 aromatic carbocycles. The number of fused-ring (bicyclic) bond motifs is 1. The number of hydrogen-bond acceptors (Lipinski definition) is 6. The van der Waals surface area contributed by atoms with Crippen LogP contribution in [0, 0.1) is 30.6 Å². The number of amides is 1. The Bertz CT molecular complexity index is 1190. The van der Waals surface area contributed by atoms with Crippen LogP contribution in [0.15, 0.2) is 18.2 Å². The number of thiophene rings is 1. The van der Waals surface area contributed by atoms with E-state index in [9.17, 15) is 9.59 Å². The maximum Gasteiger partial charge on any atom is 0.341 e. The van der Waals surface area contributed by atoms with E-state index in [2.05, 4.69) is 43.5 Å². The molecule has 0 bridgehead atoms. The van der Waals surface area contributed by atoms with Gasteiger partial charge in [-0.2, -0.15) is 0 Å². The van der Waals surface area contributed by atoms with Gasteiger partial charge in [-0.05, 0) is 92.3 Å². The lowest BCUT2D eigenvalue weighted by Crippen LogP contribution is -2.42. The molecule has 0 saturated heterocycles. The van der Waals surface area contributed by atoms with E-state index in [4.69, 9.17) is 21.7 Å². The van der Waals surface area contributed by atoms with E-state index in [1.165, 1.54) is 23.3 Å². The zero-order valence-corrected chi connectivity index (χ0v) is 25.6. The quantitative estimate of drug-likeness (QED) is 0.206. The monoisotopic (exact) mass is 558 g/mol. The summed E-state index contributed by atoms with van der Waals surface area (Å²) < 4.78 is 11.1. The van der Waals surface area contributed by atoms with Crippen LogP contribution in [0.4, 0.5) is 5.00 Å². The second-order valence-corrected chi connectivity index (χ2v) is 13.5. The number of rotatable bonds is 8. The van der Waals surface area contributed by atoms with Crippen LogP contribution in [0.2, 0.25) is 0 Å². The van der Waals surface area contributed by atoms with Gasteiger partial charge in [0.15, 0.2) is 5.11 Å². The highest BCUT2D eigenvalue weighted by atomic mass is 32.1. The van der Waals surface area contributed by atoms with Crippen LogP contribution in [0.25, 0.3) is 0 Å². The van der Waals surface area contributed by atoms with Crippen molar-refractivity contribution in [2.24, 2.45) is 16.7 Å². The molecule has 1 amide bonds. The van der Waals surface area contributed by atoms with Crippen LogP contribution in [-0.2, 0) is 22.4 Å². The maximum atomic E-state index is 13.1. The Morgan fingerprint density at radius 1 is 1.16 bits per heavy atom. The van der Waals surface area contributed by atoms with Gasteiger partial charge in [0.2, 0.25) is 5.91 Å². The Labute approximate surface area is 236 Å². The van der Waals surface area contributed by atoms with E-state index in [0.29, 0.717) is 29.5 Å². The van der Waals surface area contributed by atoms with Crippen molar-refractivity contribution >= 4 is 45.5 Å². The first-order valence-corrected chi connectivity index (χ1v) is 14.5. The Hall–Kier alpha value is -2.45. The van der Waals surface area contributed by atoms with Gasteiger partial charge in [-0.15, -0.1) is 11.3 Å². The van der Waals surface area contributed by atoms with Gasteiger partial charge in [0.05, 0.1) is 19.3 Å². The highest BCUT2D eigenvalue weighted by molar-refractivity contribution is 7.80. The normalized spacial score (nSPS) is 15.4. The third kappa shape index (κ3) is 7.35. The van der Waals surface area contributed by atoms with E-state index >= 15 is 0 Å². The number of nitrogens with one attached hydrogen (secondary N) is 2. The van der Waals surface area contributed by atoms with E-state index in [-0.39, 0.29) is 22.4 Å². The summed E-state index contributed by atoms with van der Waals surface area (Å²) in [5.74, 6) is 0.873. The molecule has 1 unspecified atom stereocenters. The lowest BCUT2D eigenvalue weighted by Gasteiger charge is -2.33. The topological polar surface area (TPSA) is 76.7 Å². The molecule has 0 radical (unpaired) electrons. The third-order valence-corrected chi connectivity index (χ3v) is 8.87. The molecular weight excluding hydrogens is 516 g/mol. The molecule has 2 aromatic rings. The smallest absolute Gasteiger partial charge is 0.341 e. The number of hydrogen-bond donors (Lipinski definition) is 2. The van der Waals surface area contributed by atoms with E-state index in [0.717, 1.165) is 48.1 Å². The summed E-state index contributed by atoms with van der Waals surface area (Å²) in [6, 6.07) is 6.15. The molecular formula is C30H42N2O4S2. The number of methoxy groups -OCH3 is 1. The van der Waals surface area contributed by atoms with E-state index < -0.39 is 5.41 Å². The summed E-state index contributed by atoms with van der Waals surface area (Å²) in [7, 11) is 1.39.